The fourth-order valence-electron chi connectivity index (χ4n) is 2.16. The van der Waals surface area contributed by atoms with Gasteiger partial charge in [-0.05, 0) is 20.3 Å². The van der Waals surface area contributed by atoms with Crippen molar-refractivity contribution in [1.82, 2.24) is 24.8 Å². The Morgan fingerprint density at radius 2 is 2.15 bits per heavy atom. The molecule has 0 unspecified atom stereocenters. The van der Waals surface area contributed by atoms with Crippen LogP contribution in [0.1, 0.15) is 42.7 Å². The lowest BCUT2D eigenvalue weighted by Crippen LogP contribution is -2.20. The van der Waals surface area contributed by atoms with Crippen LogP contribution >= 0.6 is 0 Å². The van der Waals surface area contributed by atoms with Crippen molar-refractivity contribution in [2.45, 2.75) is 53.1 Å². The second-order valence-corrected chi connectivity index (χ2v) is 5.24. The Bertz CT molecular complexity index is 526. The molecule has 0 aromatic carbocycles. The zero-order valence-corrected chi connectivity index (χ0v) is 12.7. The summed E-state index contributed by atoms with van der Waals surface area (Å²) >= 11 is 0. The van der Waals surface area contributed by atoms with Gasteiger partial charge in [-0.3, -0.25) is 0 Å². The molecule has 0 radical (unpaired) electrons. The molecule has 110 valence electrons. The van der Waals surface area contributed by atoms with Crippen LogP contribution < -0.4 is 5.32 Å². The summed E-state index contributed by atoms with van der Waals surface area (Å²) in [5, 5.41) is 3.44. The van der Waals surface area contributed by atoms with Crippen molar-refractivity contribution in [3.05, 3.63) is 35.4 Å². The number of imidazole rings is 2. The van der Waals surface area contributed by atoms with Gasteiger partial charge in [0.05, 0.1) is 12.0 Å². The lowest BCUT2D eigenvalue weighted by atomic mass is 10.2. The molecule has 0 aliphatic rings. The van der Waals surface area contributed by atoms with Crippen LogP contribution in [0.15, 0.2) is 12.5 Å². The van der Waals surface area contributed by atoms with Gasteiger partial charge in [-0.1, -0.05) is 13.3 Å². The highest BCUT2D eigenvalue weighted by atomic mass is 15.1. The van der Waals surface area contributed by atoms with E-state index in [9.17, 15) is 0 Å². The van der Waals surface area contributed by atoms with Gasteiger partial charge in [-0.15, -0.1) is 0 Å². The number of nitrogens with zero attached hydrogens (tertiary/aromatic N) is 3. The minimum Gasteiger partial charge on any atom is -0.345 e. The summed E-state index contributed by atoms with van der Waals surface area (Å²) in [4.78, 5) is 12.1. The van der Waals surface area contributed by atoms with E-state index in [1.165, 1.54) is 18.5 Å². The third-order valence-electron chi connectivity index (χ3n) is 3.64. The molecule has 2 N–H and O–H groups in total. The maximum atomic E-state index is 4.40. The lowest BCUT2D eigenvalue weighted by Gasteiger charge is -2.06. The zero-order chi connectivity index (χ0) is 14.4. The Morgan fingerprint density at radius 1 is 1.30 bits per heavy atom. The molecule has 2 heterocycles. The number of aromatic amines is 1. The van der Waals surface area contributed by atoms with Crippen LogP contribution in [0.2, 0.25) is 0 Å². The summed E-state index contributed by atoms with van der Waals surface area (Å²) in [5.74, 6) is 1.10. The first-order valence-corrected chi connectivity index (χ1v) is 7.42. The molecule has 0 aliphatic heterocycles. The third kappa shape index (κ3) is 3.93. The van der Waals surface area contributed by atoms with Crippen LogP contribution in [0, 0.1) is 13.8 Å². The molecule has 2 rings (SSSR count). The highest BCUT2D eigenvalue weighted by Gasteiger charge is 2.02. The summed E-state index contributed by atoms with van der Waals surface area (Å²) in [5.41, 5.74) is 3.52. The SMILES string of the molecule is CCCCc1ncc(CNCCn2cnc(C)c2C)[nH]1. The minimum atomic E-state index is 0.839. The van der Waals surface area contributed by atoms with Crippen molar-refractivity contribution in [2.24, 2.45) is 0 Å². The van der Waals surface area contributed by atoms with E-state index in [1.807, 2.05) is 19.4 Å². The van der Waals surface area contributed by atoms with Gasteiger partial charge in [0.1, 0.15) is 5.82 Å². The largest absolute Gasteiger partial charge is 0.345 e. The molecule has 0 spiro atoms. The van der Waals surface area contributed by atoms with Crippen LogP contribution in [-0.2, 0) is 19.5 Å². The molecule has 0 bridgehead atoms. The molecule has 0 atom stereocenters. The average Bonchev–Trinajstić information content (AvgIpc) is 3.02. The summed E-state index contributed by atoms with van der Waals surface area (Å²) in [7, 11) is 0. The Hall–Kier alpha value is -1.62. The first-order valence-electron chi connectivity index (χ1n) is 7.42. The number of unbranched alkanes of at least 4 members (excludes halogenated alkanes) is 1. The smallest absolute Gasteiger partial charge is 0.106 e. The van der Waals surface area contributed by atoms with Crippen LogP contribution in [0.4, 0.5) is 0 Å². The van der Waals surface area contributed by atoms with Crippen molar-refractivity contribution < 1.29 is 0 Å². The molecule has 0 aliphatic carbocycles. The van der Waals surface area contributed by atoms with Crippen molar-refractivity contribution in [2.75, 3.05) is 6.54 Å². The van der Waals surface area contributed by atoms with Gasteiger partial charge < -0.3 is 14.9 Å². The molecule has 2 aromatic heterocycles. The quantitative estimate of drug-likeness (QED) is 0.727. The number of nitrogens with one attached hydrogen (secondary N) is 2. The van der Waals surface area contributed by atoms with E-state index >= 15 is 0 Å². The van der Waals surface area contributed by atoms with Crippen LogP contribution in [0.25, 0.3) is 0 Å². The topological polar surface area (TPSA) is 58.5 Å². The van der Waals surface area contributed by atoms with E-state index < -0.39 is 0 Å². The maximum Gasteiger partial charge on any atom is 0.106 e. The predicted octanol–water partition coefficient (Wildman–Crippen LogP) is 2.36. The van der Waals surface area contributed by atoms with Crippen LogP contribution in [-0.4, -0.2) is 26.1 Å². The number of aromatic nitrogens is 4. The normalized spacial score (nSPS) is 11.2. The first-order chi connectivity index (χ1) is 9.70. The van der Waals surface area contributed by atoms with Gasteiger partial charge in [0.2, 0.25) is 0 Å². The molecule has 0 saturated heterocycles. The molecule has 0 fully saturated rings. The minimum absolute atomic E-state index is 0.839. The molecule has 2 aromatic rings. The van der Waals surface area contributed by atoms with E-state index in [0.29, 0.717) is 0 Å². The lowest BCUT2D eigenvalue weighted by molar-refractivity contribution is 0.584. The number of H-pyrrole nitrogens is 1. The van der Waals surface area contributed by atoms with E-state index in [2.05, 4.69) is 38.7 Å². The Kier molecular flexibility index (Phi) is 5.35. The van der Waals surface area contributed by atoms with Crippen LogP contribution in [0.3, 0.4) is 0 Å². The van der Waals surface area contributed by atoms with Gasteiger partial charge in [0.25, 0.3) is 0 Å². The molecule has 0 saturated carbocycles. The number of hydrogen-bond acceptors (Lipinski definition) is 3. The molecule has 0 amide bonds. The van der Waals surface area contributed by atoms with Gasteiger partial charge >= 0.3 is 0 Å². The van der Waals surface area contributed by atoms with Crippen LogP contribution in [0.5, 0.6) is 0 Å². The monoisotopic (exact) mass is 275 g/mol. The molecule has 5 nitrogen and oxygen atoms in total. The third-order valence-corrected chi connectivity index (χ3v) is 3.64. The van der Waals surface area contributed by atoms with Crippen molar-refractivity contribution in [1.29, 1.82) is 0 Å². The zero-order valence-electron chi connectivity index (χ0n) is 12.7. The Labute approximate surface area is 120 Å². The standard InChI is InChI=1S/C15H25N5/c1-4-5-6-15-17-10-14(19-15)9-16-7-8-20-11-18-12(2)13(20)3/h10-11,16H,4-9H2,1-3H3,(H,17,19). The molecular weight excluding hydrogens is 250 g/mol. The molecular formula is C15H25N5. The van der Waals surface area contributed by atoms with Crippen molar-refractivity contribution in [3.63, 3.8) is 0 Å². The second kappa shape index (κ2) is 7.24. The highest BCUT2D eigenvalue weighted by molar-refractivity contribution is 5.08. The van der Waals surface area contributed by atoms with Gasteiger partial charge in [0.15, 0.2) is 0 Å². The van der Waals surface area contributed by atoms with E-state index in [-0.39, 0.29) is 0 Å². The van der Waals surface area contributed by atoms with Gasteiger partial charge in [-0.25, -0.2) is 9.97 Å². The fourth-order valence-corrected chi connectivity index (χ4v) is 2.16. The Balaban J connectivity index is 1.70. The van der Waals surface area contributed by atoms with Crippen molar-refractivity contribution >= 4 is 0 Å². The second-order valence-electron chi connectivity index (χ2n) is 5.24. The molecule has 5 heteroatoms. The first kappa shape index (κ1) is 14.8. The fraction of sp³-hybridized carbons (Fsp3) is 0.600. The average molecular weight is 275 g/mol. The summed E-state index contributed by atoms with van der Waals surface area (Å²) in [6.45, 7) is 9.07. The predicted molar refractivity (Wildman–Crippen MR) is 80.6 cm³/mol. The van der Waals surface area contributed by atoms with E-state index in [4.69, 9.17) is 0 Å². The van der Waals surface area contributed by atoms with Crippen molar-refractivity contribution in [3.8, 4) is 0 Å². The maximum absolute atomic E-state index is 4.40. The van der Waals surface area contributed by atoms with Gasteiger partial charge in [-0.2, -0.15) is 0 Å². The van der Waals surface area contributed by atoms with Gasteiger partial charge in [0, 0.05) is 43.6 Å². The number of rotatable bonds is 8. The van der Waals surface area contributed by atoms with E-state index in [0.717, 1.165) is 43.3 Å². The molecule has 20 heavy (non-hydrogen) atoms. The number of aryl methyl sites for hydroxylation is 2. The summed E-state index contributed by atoms with van der Waals surface area (Å²) in [6, 6.07) is 0. The Morgan fingerprint density at radius 3 is 2.85 bits per heavy atom. The van der Waals surface area contributed by atoms with E-state index in [1.54, 1.807) is 0 Å². The summed E-state index contributed by atoms with van der Waals surface area (Å²) < 4.78 is 2.18. The summed E-state index contributed by atoms with van der Waals surface area (Å²) in [6.07, 6.45) is 7.29. The highest BCUT2D eigenvalue weighted by Crippen LogP contribution is 2.04. The number of hydrogen-bond donors (Lipinski definition) is 2.